The van der Waals surface area contributed by atoms with Crippen LogP contribution in [0.1, 0.15) is 34.2 Å². The van der Waals surface area contributed by atoms with Gasteiger partial charge in [0.25, 0.3) is 5.91 Å². The van der Waals surface area contributed by atoms with Crippen LogP contribution in [0.5, 0.6) is 5.75 Å². The molecule has 2 saturated heterocycles. The normalized spacial score (nSPS) is 21.1. The molecule has 0 N–H and O–H groups in total. The van der Waals surface area contributed by atoms with Crippen molar-refractivity contribution in [2.24, 2.45) is 0 Å². The lowest BCUT2D eigenvalue weighted by molar-refractivity contribution is 0.0743. The molecule has 0 radical (unpaired) electrons. The molecule has 3 heterocycles. The van der Waals surface area contributed by atoms with Crippen molar-refractivity contribution < 1.29 is 17.9 Å². The number of nitrogens with zero attached hydrogens (tertiary/aromatic N) is 4. The minimum Gasteiger partial charge on any atom is -0.496 e. The lowest BCUT2D eigenvalue weighted by Gasteiger charge is -2.36. The molecule has 0 spiro atoms. The third-order valence-electron chi connectivity index (χ3n) is 6.06. The van der Waals surface area contributed by atoms with Gasteiger partial charge in [-0.25, -0.2) is 8.42 Å². The van der Waals surface area contributed by atoms with Gasteiger partial charge in [0, 0.05) is 26.2 Å². The van der Waals surface area contributed by atoms with E-state index in [0.29, 0.717) is 43.9 Å². The number of aromatic nitrogens is 2. The molecular formula is C21H28N4O4S. The monoisotopic (exact) mass is 432 g/mol. The van der Waals surface area contributed by atoms with Gasteiger partial charge >= 0.3 is 0 Å². The number of carbonyl (C=O) groups excluding carboxylic acids is 1. The number of rotatable bonds is 4. The molecule has 1 atom stereocenters. The van der Waals surface area contributed by atoms with E-state index in [-0.39, 0.29) is 23.5 Å². The number of para-hydroxylation sites is 1. The average Bonchev–Trinajstić information content (AvgIpc) is 3.25. The molecule has 1 amide bonds. The predicted octanol–water partition coefficient (Wildman–Crippen LogP) is 1.83. The van der Waals surface area contributed by atoms with E-state index in [9.17, 15) is 13.2 Å². The summed E-state index contributed by atoms with van der Waals surface area (Å²) in [6, 6.07) is 7.20. The summed E-state index contributed by atoms with van der Waals surface area (Å²) in [6.45, 7) is 6.60. The number of amides is 1. The minimum absolute atomic E-state index is 0.0209. The van der Waals surface area contributed by atoms with Crippen LogP contribution in [0.3, 0.4) is 0 Å². The number of hydrogen-bond acceptors (Lipinski definition) is 6. The molecular weight excluding hydrogens is 404 g/mol. The SMILES string of the molecule is COc1ccccc1C(=O)N1CCN(c2c(C)nn(C3CCS(=O)(=O)C3)c2C)CC1. The Morgan fingerprint density at radius 3 is 2.47 bits per heavy atom. The molecule has 0 aliphatic carbocycles. The molecule has 0 saturated carbocycles. The number of hydrogen-bond donors (Lipinski definition) is 0. The van der Waals surface area contributed by atoms with Gasteiger partial charge < -0.3 is 14.5 Å². The van der Waals surface area contributed by atoms with Gasteiger partial charge in [-0.1, -0.05) is 12.1 Å². The van der Waals surface area contributed by atoms with Gasteiger partial charge in [0.1, 0.15) is 5.75 Å². The first kappa shape index (κ1) is 20.7. The maximum atomic E-state index is 12.9. The third-order valence-corrected chi connectivity index (χ3v) is 7.81. The molecule has 30 heavy (non-hydrogen) atoms. The Hall–Kier alpha value is -2.55. The number of ether oxygens (including phenoxy) is 1. The minimum atomic E-state index is -2.97. The second-order valence-corrected chi connectivity index (χ2v) is 10.2. The topological polar surface area (TPSA) is 84.7 Å². The summed E-state index contributed by atoms with van der Waals surface area (Å²) in [5, 5.41) is 4.67. The maximum Gasteiger partial charge on any atom is 0.257 e. The van der Waals surface area contributed by atoms with Gasteiger partial charge in [-0.15, -0.1) is 0 Å². The highest BCUT2D eigenvalue weighted by atomic mass is 32.2. The summed E-state index contributed by atoms with van der Waals surface area (Å²) in [5.41, 5.74) is 3.54. The van der Waals surface area contributed by atoms with Crippen molar-refractivity contribution in [1.29, 1.82) is 0 Å². The van der Waals surface area contributed by atoms with Crippen LogP contribution in [0.25, 0.3) is 0 Å². The zero-order chi connectivity index (χ0) is 21.5. The number of carbonyl (C=O) groups is 1. The van der Waals surface area contributed by atoms with Gasteiger partial charge in [-0.05, 0) is 32.4 Å². The molecule has 9 heteroatoms. The summed E-state index contributed by atoms with van der Waals surface area (Å²) in [6.07, 6.45) is 0.616. The van der Waals surface area contributed by atoms with E-state index < -0.39 is 9.84 Å². The molecule has 162 valence electrons. The summed E-state index contributed by atoms with van der Waals surface area (Å²) in [7, 11) is -1.39. The first-order chi connectivity index (χ1) is 14.3. The van der Waals surface area contributed by atoms with Crippen molar-refractivity contribution in [3.05, 3.63) is 41.2 Å². The van der Waals surface area contributed by atoms with Gasteiger partial charge in [0.2, 0.25) is 0 Å². The highest BCUT2D eigenvalue weighted by molar-refractivity contribution is 7.91. The number of methoxy groups -OCH3 is 1. The lowest BCUT2D eigenvalue weighted by atomic mass is 10.1. The van der Waals surface area contributed by atoms with Crippen molar-refractivity contribution in [3.63, 3.8) is 0 Å². The fourth-order valence-electron chi connectivity index (χ4n) is 4.56. The molecule has 2 aromatic rings. The van der Waals surface area contributed by atoms with Crippen LogP contribution < -0.4 is 9.64 Å². The van der Waals surface area contributed by atoms with E-state index in [1.165, 1.54) is 0 Å². The van der Waals surface area contributed by atoms with Crippen LogP contribution in [0.4, 0.5) is 5.69 Å². The van der Waals surface area contributed by atoms with E-state index in [2.05, 4.69) is 10.00 Å². The maximum absolute atomic E-state index is 12.9. The van der Waals surface area contributed by atoms with Crippen LogP contribution >= 0.6 is 0 Å². The average molecular weight is 433 g/mol. The quantitative estimate of drug-likeness (QED) is 0.733. The Kier molecular flexibility index (Phi) is 5.48. The van der Waals surface area contributed by atoms with Gasteiger partial charge in [0.05, 0.1) is 47.3 Å². The highest BCUT2D eigenvalue weighted by Gasteiger charge is 2.33. The number of anilines is 1. The second kappa shape index (κ2) is 7.94. The number of aryl methyl sites for hydroxylation is 1. The molecule has 2 aliphatic rings. The van der Waals surface area contributed by atoms with E-state index in [0.717, 1.165) is 17.1 Å². The van der Waals surface area contributed by atoms with Crippen LogP contribution in [0, 0.1) is 13.8 Å². The summed E-state index contributed by atoms with van der Waals surface area (Å²) in [4.78, 5) is 17.1. The van der Waals surface area contributed by atoms with E-state index >= 15 is 0 Å². The summed E-state index contributed by atoms with van der Waals surface area (Å²) < 4.78 is 31.0. The Balaban J connectivity index is 1.48. The van der Waals surface area contributed by atoms with Crippen molar-refractivity contribution in [3.8, 4) is 5.75 Å². The molecule has 0 bridgehead atoms. The lowest BCUT2D eigenvalue weighted by Crippen LogP contribution is -2.49. The number of piperazine rings is 1. The summed E-state index contributed by atoms with van der Waals surface area (Å²) >= 11 is 0. The van der Waals surface area contributed by atoms with Gasteiger partial charge in [0.15, 0.2) is 9.84 Å². The Morgan fingerprint density at radius 2 is 1.83 bits per heavy atom. The van der Waals surface area contributed by atoms with E-state index in [4.69, 9.17) is 4.74 Å². The van der Waals surface area contributed by atoms with Crippen molar-refractivity contribution >= 4 is 21.4 Å². The molecule has 1 aromatic carbocycles. The van der Waals surface area contributed by atoms with Crippen LogP contribution in [-0.4, -0.2) is 73.8 Å². The van der Waals surface area contributed by atoms with Crippen LogP contribution in [-0.2, 0) is 9.84 Å². The molecule has 8 nitrogen and oxygen atoms in total. The highest BCUT2D eigenvalue weighted by Crippen LogP contribution is 2.32. The Labute approximate surface area is 177 Å². The van der Waals surface area contributed by atoms with Crippen molar-refractivity contribution in [2.45, 2.75) is 26.3 Å². The zero-order valence-corrected chi connectivity index (χ0v) is 18.5. The molecule has 2 fully saturated rings. The zero-order valence-electron chi connectivity index (χ0n) is 17.7. The molecule has 2 aliphatic heterocycles. The first-order valence-electron chi connectivity index (χ1n) is 10.2. The third kappa shape index (κ3) is 3.78. The largest absolute Gasteiger partial charge is 0.496 e. The standard InChI is InChI=1S/C21H28N4O4S/c1-15-20(16(2)25(22-15)17-8-13-30(27,28)14-17)23-9-11-24(12-10-23)21(26)18-6-4-5-7-19(18)29-3/h4-7,17H,8-14H2,1-3H3. The fraction of sp³-hybridized carbons (Fsp3) is 0.524. The van der Waals surface area contributed by atoms with E-state index in [1.54, 1.807) is 19.2 Å². The number of sulfone groups is 1. The van der Waals surface area contributed by atoms with Crippen LogP contribution in [0.2, 0.25) is 0 Å². The van der Waals surface area contributed by atoms with E-state index in [1.807, 2.05) is 35.6 Å². The van der Waals surface area contributed by atoms with Gasteiger partial charge in [-0.3, -0.25) is 9.48 Å². The molecule has 4 rings (SSSR count). The Morgan fingerprint density at radius 1 is 1.13 bits per heavy atom. The fourth-order valence-corrected chi connectivity index (χ4v) is 6.25. The molecule has 1 unspecified atom stereocenters. The van der Waals surface area contributed by atoms with Crippen LogP contribution in [0.15, 0.2) is 24.3 Å². The smallest absolute Gasteiger partial charge is 0.257 e. The second-order valence-electron chi connectivity index (χ2n) is 8.00. The summed E-state index contributed by atoms with van der Waals surface area (Å²) in [5.74, 6) is 0.960. The first-order valence-corrected chi connectivity index (χ1v) is 12.1. The van der Waals surface area contributed by atoms with Gasteiger partial charge in [-0.2, -0.15) is 5.10 Å². The molecule has 1 aromatic heterocycles. The van der Waals surface area contributed by atoms with Crippen molar-refractivity contribution in [2.75, 3.05) is 49.7 Å². The number of benzene rings is 1. The van der Waals surface area contributed by atoms with Crippen molar-refractivity contribution in [1.82, 2.24) is 14.7 Å². The Bertz CT molecular complexity index is 1050. The predicted molar refractivity (Wildman–Crippen MR) is 115 cm³/mol.